The van der Waals surface area contributed by atoms with E-state index < -0.39 is 17.6 Å². The Hall–Kier alpha value is -4.76. The third-order valence-corrected chi connectivity index (χ3v) is 9.49. The Morgan fingerprint density at radius 1 is 0.955 bits per heavy atom. The molecule has 0 saturated carbocycles. The molecule has 1 aliphatic rings. The van der Waals surface area contributed by atoms with Crippen molar-refractivity contribution in [1.29, 1.82) is 0 Å². The van der Waals surface area contributed by atoms with Gasteiger partial charge in [0.15, 0.2) is 0 Å². The summed E-state index contributed by atoms with van der Waals surface area (Å²) in [4.78, 5) is 39.0. The summed E-state index contributed by atoms with van der Waals surface area (Å²) in [6.07, 6.45) is 1.92. The van der Waals surface area contributed by atoms with Crippen LogP contribution in [0.3, 0.4) is 0 Å². The second kappa shape index (κ2) is 12.1. The zero-order chi connectivity index (χ0) is 30.8. The topological polar surface area (TPSA) is 91.6 Å². The molecule has 224 valence electrons. The van der Waals surface area contributed by atoms with Crippen LogP contribution in [0.15, 0.2) is 103 Å². The van der Waals surface area contributed by atoms with Gasteiger partial charge in [-0.05, 0) is 16.7 Å². The first kappa shape index (κ1) is 29.3. The van der Waals surface area contributed by atoms with Crippen LogP contribution in [0.1, 0.15) is 58.5 Å². The largest absolute Gasteiger partial charge is 0.480 e. The van der Waals surface area contributed by atoms with Crippen LogP contribution in [0.4, 0.5) is 4.79 Å². The fourth-order valence-corrected chi connectivity index (χ4v) is 7.01. The summed E-state index contributed by atoms with van der Waals surface area (Å²) in [5.41, 5.74) is 4.51. The van der Waals surface area contributed by atoms with E-state index in [0.717, 1.165) is 33.1 Å². The maximum absolute atomic E-state index is 13.8. The number of hydrogen-bond acceptors (Lipinski definition) is 5. The highest BCUT2D eigenvalue weighted by Crippen LogP contribution is 2.43. The van der Waals surface area contributed by atoms with Gasteiger partial charge in [0.1, 0.15) is 11.6 Å². The molecule has 0 aliphatic carbocycles. The van der Waals surface area contributed by atoms with E-state index in [1.54, 1.807) is 29.6 Å². The van der Waals surface area contributed by atoms with Crippen LogP contribution in [-0.4, -0.2) is 54.5 Å². The van der Waals surface area contributed by atoms with E-state index >= 15 is 0 Å². The number of rotatable bonds is 8. The summed E-state index contributed by atoms with van der Waals surface area (Å²) in [7, 11) is 1.69. The van der Waals surface area contributed by atoms with Crippen molar-refractivity contribution in [3.63, 3.8) is 0 Å². The minimum atomic E-state index is -1.06. The number of aromatic nitrogens is 3. The SMILES string of the molecule is CC(C)c1nc(CN(C)C(=O)N2Cc3ncn(C(c4ccccc4)(c4ccccc4)c4ccccc4)c3C[C@H]2C(=O)O)cs1. The third-order valence-electron chi connectivity index (χ3n) is 8.29. The molecule has 6 rings (SSSR count). The van der Waals surface area contributed by atoms with Gasteiger partial charge < -0.3 is 19.5 Å². The van der Waals surface area contributed by atoms with Crippen molar-refractivity contribution in [2.24, 2.45) is 0 Å². The monoisotopic (exact) mass is 605 g/mol. The average molecular weight is 606 g/mol. The first-order valence-corrected chi connectivity index (χ1v) is 15.6. The molecule has 1 aliphatic heterocycles. The highest BCUT2D eigenvalue weighted by Gasteiger charge is 2.44. The van der Waals surface area contributed by atoms with E-state index in [9.17, 15) is 14.7 Å². The number of thiazole rings is 1. The van der Waals surface area contributed by atoms with Crippen molar-refractivity contribution < 1.29 is 14.7 Å². The number of carbonyl (C=O) groups is 2. The van der Waals surface area contributed by atoms with Crippen molar-refractivity contribution in [3.8, 4) is 0 Å². The van der Waals surface area contributed by atoms with Gasteiger partial charge >= 0.3 is 12.0 Å². The van der Waals surface area contributed by atoms with E-state index in [-0.39, 0.29) is 19.0 Å². The number of urea groups is 1. The average Bonchev–Trinajstić information content (AvgIpc) is 3.70. The molecule has 0 radical (unpaired) electrons. The van der Waals surface area contributed by atoms with Crippen molar-refractivity contribution in [1.82, 2.24) is 24.3 Å². The number of hydrogen-bond donors (Lipinski definition) is 1. The van der Waals surface area contributed by atoms with Gasteiger partial charge in [-0.2, -0.15) is 0 Å². The Morgan fingerprint density at radius 3 is 1.98 bits per heavy atom. The van der Waals surface area contributed by atoms with Gasteiger partial charge in [-0.1, -0.05) is 105 Å². The molecule has 0 saturated heterocycles. The van der Waals surface area contributed by atoms with Crippen molar-refractivity contribution in [3.05, 3.63) is 141 Å². The number of fused-ring (bicyclic) bond motifs is 1. The lowest BCUT2D eigenvalue weighted by Crippen LogP contribution is -2.53. The number of nitrogens with zero attached hydrogens (tertiary/aromatic N) is 5. The summed E-state index contributed by atoms with van der Waals surface area (Å²) in [5, 5.41) is 13.4. The number of carbonyl (C=O) groups excluding carboxylic acids is 1. The molecule has 8 nitrogen and oxygen atoms in total. The Bertz CT molecular complexity index is 1650. The second-order valence-corrected chi connectivity index (χ2v) is 12.4. The molecule has 2 amide bonds. The van der Waals surface area contributed by atoms with Crippen LogP contribution >= 0.6 is 11.3 Å². The summed E-state index contributed by atoms with van der Waals surface area (Å²) in [6, 6.07) is 29.2. The van der Waals surface area contributed by atoms with Gasteiger partial charge in [0.2, 0.25) is 0 Å². The maximum Gasteiger partial charge on any atom is 0.326 e. The molecule has 1 N–H and O–H groups in total. The molecular formula is C35H35N5O3S. The summed E-state index contributed by atoms with van der Waals surface area (Å²) < 4.78 is 2.12. The van der Waals surface area contributed by atoms with E-state index in [4.69, 9.17) is 4.98 Å². The first-order chi connectivity index (χ1) is 21.3. The van der Waals surface area contributed by atoms with Gasteiger partial charge in [-0.3, -0.25) is 0 Å². The Labute approximate surface area is 261 Å². The molecule has 9 heteroatoms. The van der Waals surface area contributed by atoms with Gasteiger partial charge in [0, 0.05) is 30.5 Å². The van der Waals surface area contributed by atoms with Gasteiger partial charge in [0.05, 0.1) is 35.8 Å². The number of carboxylic acid groups (broad SMARTS) is 1. The highest BCUT2D eigenvalue weighted by molar-refractivity contribution is 7.09. The zero-order valence-corrected chi connectivity index (χ0v) is 25.8. The van der Waals surface area contributed by atoms with Gasteiger partial charge in [-0.15, -0.1) is 11.3 Å². The quantitative estimate of drug-likeness (QED) is 0.208. The molecular weight excluding hydrogens is 570 g/mol. The molecule has 0 bridgehead atoms. The van der Waals surface area contributed by atoms with Crippen molar-refractivity contribution in [2.45, 2.75) is 50.9 Å². The smallest absolute Gasteiger partial charge is 0.326 e. The van der Waals surface area contributed by atoms with Crippen LogP contribution in [0.2, 0.25) is 0 Å². The standard InChI is InChI=1S/C35H35N5O3S/c1-24(2)32-37-28(22-44-32)20-38(3)34(43)39-21-29-30(19-31(39)33(41)42)40(23-36-29)35(25-13-7-4-8-14-25,26-15-9-5-10-16-26)27-17-11-6-12-18-27/h4-18,22-24,31H,19-21H2,1-3H3,(H,41,42)/t31-/m0/s1. The highest BCUT2D eigenvalue weighted by atomic mass is 32.1. The molecule has 2 aromatic heterocycles. The minimum Gasteiger partial charge on any atom is -0.480 e. The minimum absolute atomic E-state index is 0.0885. The van der Waals surface area contributed by atoms with Crippen LogP contribution in [0.25, 0.3) is 0 Å². The molecule has 5 aromatic rings. The maximum atomic E-state index is 13.8. The first-order valence-electron chi connectivity index (χ1n) is 14.7. The summed E-state index contributed by atoms with van der Waals surface area (Å²) in [6.45, 7) is 4.56. The zero-order valence-electron chi connectivity index (χ0n) is 25.0. The van der Waals surface area contributed by atoms with E-state index in [1.807, 2.05) is 60.0 Å². The summed E-state index contributed by atoms with van der Waals surface area (Å²) >= 11 is 1.57. The van der Waals surface area contributed by atoms with Crippen molar-refractivity contribution in [2.75, 3.05) is 7.05 Å². The van der Waals surface area contributed by atoms with Crippen molar-refractivity contribution >= 4 is 23.3 Å². The van der Waals surface area contributed by atoms with E-state index in [2.05, 4.69) is 59.8 Å². The predicted octanol–water partition coefficient (Wildman–Crippen LogP) is 6.37. The Kier molecular flexibility index (Phi) is 8.05. The lowest BCUT2D eigenvalue weighted by molar-refractivity contribution is -0.143. The van der Waals surface area contributed by atoms with Crippen LogP contribution in [-0.2, 0) is 29.8 Å². The lowest BCUT2D eigenvalue weighted by Gasteiger charge is -2.41. The predicted molar refractivity (Wildman–Crippen MR) is 171 cm³/mol. The summed E-state index contributed by atoms with van der Waals surface area (Å²) in [5.74, 6) is -0.748. The van der Waals surface area contributed by atoms with Gasteiger partial charge in [0.25, 0.3) is 0 Å². The number of amides is 2. The van der Waals surface area contributed by atoms with Crippen LogP contribution < -0.4 is 0 Å². The molecule has 0 spiro atoms. The van der Waals surface area contributed by atoms with E-state index in [0.29, 0.717) is 18.2 Å². The fourth-order valence-electron chi connectivity index (χ4n) is 6.18. The number of benzene rings is 3. The molecule has 3 heterocycles. The molecule has 44 heavy (non-hydrogen) atoms. The normalized spacial score (nSPS) is 14.8. The van der Waals surface area contributed by atoms with Crippen LogP contribution in [0.5, 0.6) is 0 Å². The van der Waals surface area contributed by atoms with Gasteiger partial charge in [-0.25, -0.2) is 19.6 Å². The number of imidazole rings is 1. The van der Waals surface area contributed by atoms with E-state index in [1.165, 1.54) is 4.90 Å². The lowest BCUT2D eigenvalue weighted by atomic mass is 9.76. The number of carboxylic acids is 1. The Morgan fingerprint density at radius 2 is 1.50 bits per heavy atom. The third kappa shape index (κ3) is 5.17. The van der Waals surface area contributed by atoms with Crippen LogP contribution in [0, 0.1) is 0 Å². The molecule has 0 unspecified atom stereocenters. The molecule has 3 aromatic carbocycles. The Balaban J connectivity index is 1.43. The second-order valence-electron chi connectivity index (χ2n) is 11.5. The number of aliphatic carboxylic acids is 1. The molecule has 1 atom stereocenters. The molecule has 0 fully saturated rings. The fraction of sp³-hybridized carbons (Fsp3) is 0.257.